The molecule has 2 aromatic carbocycles. The largest absolute Gasteiger partial charge is 0.366 e. The van der Waals surface area contributed by atoms with Crippen molar-refractivity contribution in [2.24, 2.45) is 5.73 Å². The first-order valence-electron chi connectivity index (χ1n) is 8.07. The van der Waals surface area contributed by atoms with E-state index in [4.69, 9.17) is 5.73 Å². The van der Waals surface area contributed by atoms with E-state index < -0.39 is 5.91 Å². The first-order valence-corrected chi connectivity index (χ1v) is 8.89. The van der Waals surface area contributed by atoms with Crippen LogP contribution in [-0.2, 0) is 6.42 Å². The molecule has 0 unspecified atom stereocenters. The number of nitrogens with two attached hydrogens (primary N) is 1. The number of aromatic nitrogens is 2. The number of nitrogens with one attached hydrogen (secondary N) is 1. The van der Waals surface area contributed by atoms with Crippen LogP contribution in [0, 0.1) is 0 Å². The highest BCUT2D eigenvalue weighted by Gasteiger charge is 2.11. The van der Waals surface area contributed by atoms with Crippen LogP contribution in [0.25, 0.3) is 20.7 Å². The lowest BCUT2D eigenvalue weighted by Gasteiger charge is -2.03. The molecule has 0 saturated heterocycles. The molecule has 1 amide bonds. The molecule has 2 aromatic heterocycles. The molecule has 4 aromatic rings. The summed E-state index contributed by atoms with van der Waals surface area (Å²) < 4.78 is 0.610. The van der Waals surface area contributed by atoms with Gasteiger partial charge in [-0.3, -0.25) is 9.59 Å². The Labute approximate surface area is 153 Å². The van der Waals surface area contributed by atoms with Crippen LogP contribution in [0.1, 0.15) is 21.7 Å². The fraction of sp³-hybridized carbons (Fsp3) is 0.0500. The van der Waals surface area contributed by atoms with Crippen LogP contribution in [0.5, 0.6) is 0 Å². The Morgan fingerprint density at radius 2 is 1.88 bits per heavy atom. The molecule has 0 aliphatic rings. The third-order valence-electron chi connectivity index (χ3n) is 4.07. The van der Waals surface area contributed by atoms with E-state index in [-0.39, 0.29) is 5.56 Å². The normalized spacial score (nSPS) is 10.9. The molecule has 128 valence electrons. The summed E-state index contributed by atoms with van der Waals surface area (Å²) in [4.78, 5) is 32.2. The zero-order chi connectivity index (χ0) is 18.1. The molecule has 6 heteroatoms. The predicted octanol–water partition coefficient (Wildman–Crippen LogP) is 3.34. The van der Waals surface area contributed by atoms with Crippen molar-refractivity contribution < 1.29 is 4.79 Å². The van der Waals surface area contributed by atoms with Gasteiger partial charge in [-0.15, -0.1) is 11.3 Å². The number of amides is 1. The highest BCUT2D eigenvalue weighted by atomic mass is 32.1. The lowest BCUT2D eigenvalue weighted by Crippen LogP contribution is -2.12. The third-order valence-corrected chi connectivity index (χ3v) is 5.25. The molecule has 0 spiro atoms. The molecule has 4 rings (SSSR count). The van der Waals surface area contributed by atoms with Gasteiger partial charge in [0.05, 0.1) is 5.52 Å². The second-order valence-corrected chi connectivity index (χ2v) is 7.00. The van der Waals surface area contributed by atoms with E-state index in [9.17, 15) is 9.59 Å². The minimum absolute atomic E-state index is 0.150. The molecule has 26 heavy (non-hydrogen) atoms. The second kappa shape index (κ2) is 6.57. The van der Waals surface area contributed by atoms with Gasteiger partial charge in [-0.25, -0.2) is 4.98 Å². The van der Waals surface area contributed by atoms with E-state index in [1.807, 2.05) is 42.5 Å². The smallest absolute Gasteiger partial charge is 0.268 e. The maximum atomic E-state index is 12.5. The first-order chi connectivity index (χ1) is 12.6. The maximum absolute atomic E-state index is 12.5. The Morgan fingerprint density at radius 1 is 1.08 bits per heavy atom. The number of carbonyl (C=O) groups excluding carboxylic acids is 1. The number of hydrogen-bond donors (Lipinski definition) is 2. The first kappa shape index (κ1) is 16.2. The second-order valence-electron chi connectivity index (χ2n) is 5.95. The van der Waals surface area contributed by atoms with Crippen LogP contribution in [0.2, 0.25) is 0 Å². The van der Waals surface area contributed by atoms with Gasteiger partial charge in [0.25, 0.3) is 5.56 Å². The van der Waals surface area contributed by atoms with Crippen molar-refractivity contribution in [1.82, 2.24) is 9.97 Å². The highest BCUT2D eigenvalue weighted by Crippen LogP contribution is 2.30. The number of carbonyl (C=O) groups is 1. The summed E-state index contributed by atoms with van der Waals surface area (Å²) in [7, 11) is 0. The Kier molecular flexibility index (Phi) is 4.10. The van der Waals surface area contributed by atoms with Crippen molar-refractivity contribution in [3.63, 3.8) is 0 Å². The zero-order valence-corrected chi connectivity index (χ0v) is 14.5. The van der Waals surface area contributed by atoms with Gasteiger partial charge in [0.2, 0.25) is 5.91 Å². The van der Waals surface area contributed by atoms with Gasteiger partial charge in [-0.05, 0) is 29.3 Å². The number of H-pyrrole nitrogens is 1. The summed E-state index contributed by atoms with van der Waals surface area (Å²) in [6.45, 7) is 0. The van der Waals surface area contributed by atoms with Crippen molar-refractivity contribution in [3.8, 4) is 10.4 Å². The quantitative estimate of drug-likeness (QED) is 0.584. The molecule has 0 radical (unpaired) electrons. The van der Waals surface area contributed by atoms with Gasteiger partial charge in [0, 0.05) is 16.9 Å². The van der Waals surface area contributed by atoms with E-state index in [1.165, 1.54) is 11.3 Å². The third kappa shape index (κ3) is 3.14. The minimum atomic E-state index is -0.478. The topological polar surface area (TPSA) is 88.8 Å². The van der Waals surface area contributed by atoms with Crippen molar-refractivity contribution in [2.75, 3.05) is 0 Å². The predicted molar refractivity (Wildman–Crippen MR) is 103 cm³/mol. The molecule has 5 nitrogen and oxygen atoms in total. The number of aromatic amines is 1. The van der Waals surface area contributed by atoms with E-state index in [0.29, 0.717) is 28.0 Å². The molecule has 0 aliphatic heterocycles. The molecule has 0 bridgehead atoms. The maximum Gasteiger partial charge on any atom is 0.268 e. The van der Waals surface area contributed by atoms with Crippen molar-refractivity contribution in [2.45, 2.75) is 6.42 Å². The van der Waals surface area contributed by atoms with Crippen LogP contribution >= 0.6 is 11.3 Å². The summed E-state index contributed by atoms with van der Waals surface area (Å²) >= 11 is 1.43. The number of fused-ring (bicyclic) bond motifs is 1. The molecule has 3 N–H and O–H groups in total. The van der Waals surface area contributed by atoms with Crippen LogP contribution < -0.4 is 11.3 Å². The van der Waals surface area contributed by atoms with Crippen molar-refractivity contribution in [3.05, 3.63) is 88.0 Å². The monoisotopic (exact) mass is 361 g/mol. The summed E-state index contributed by atoms with van der Waals surface area (Å²) in [5.74, 6) is 0.0793. The van der Waals surface area contributed by atoms with Crippen LogP contribution in [0.3, 0.4) is 0 Å². The lowest BCUT2D eigenvalue weighted by molar-refractivity contribution is 0.1000. The zero-order valence-electron chi connectivity index (χ0n) is 13.7. The van der Waals surface area contributed by atoms with E-state index >= 15 is 0 Å². The summed E-state index contributed by atoms with van der Waals surface area (Å²) in [5, 5.41) is 0. The average Bonchev–Trinajstić information content (AvgIpc) is 3.07. The number of nitrogens with zero attached hydrogens (tertiary/aromatic N) is 1. The van der Waals surface area contributed by atoms with Gasteiger partial charge in [-0.2, -0.15) is 0 Å². The highest BCUT2D eigenvalue weighted by molar-refractivity contribution is 7.22. The van der Waals surface area contributed by atoms with Gasteiger partial charge in [0.15, 0.2) is 0 Å². The van der Waals surface area contributed by atoms with Crippen LogP contribution in [-0.4, -0.2) is 15.9 Å². The van der Waals surface area contributed by atoms with Crippen LogP contribution in [0.4, 0.5) is 0 Å². The molecule has 0 fully saturated rings. The van der Waals surface area contributed by atoms with Gasteiger partial charge >= 0.3 is 0 Å². The van der Waals surface area contributed by atoms with E-state index in [0.717, 1.165) is 16.0 Å². The minimum Gasteiger partial charge on any atom is -0.366 e. The molecular weight excluding hydrogens is 346 g/mol. The fourth-order valence-corrected chi connectivity index (χ4v) is 3.84. The number of hydrogen-bond acceptors (Lipinski definition) is 4. The van der Waals surface area contributed by atoms with Gasteiger partial charge < -0.3 is 10.7 Å². The average molecular weight is 361 g/mol. The molecular formula is C20H15N3O2S. The van der Waals surface area contributed by atoms with Gasteiger partial charge in [0.1, 0.15) is 10.5 Å². The fourth-order valence-electron chi connectivity index (χ4n) is 2.84. The molecule has 0 saturated carbocycles. The summed E-state index contributed by atoms with van der Waals surface area (Å²) in [6.07, 6.45) is 0.419. The number of benzene rings is 2. The standard InChI is InChI=1S/C20H15N3O2S/c21-19(24)14-8-4-5-12(9-14)10-17-22-15-11-16(13-6-2-1-3-7-13)26-18(15)20(25)23-17/h1-9,11H,10H2,(H2,21,24)(H,22,23,25). The van der Waals surface area contributed by atoms with E-state index in [2.05, 4.69) is 9.97 Å². The Bertz CT molecular complexity index is 1160. The molecule has 0 atom stereocenters. The number of primary amides is 1. The summed E-state index contributed by atoms with van der Waals surface area (Å²) in [5.41, 5.74) is 8.21. The molecule has 2 heterocycles. The van der Waals surface area contributed by atoms with Crippen molar-refractivity contribution >= 4 is 27.5 Å². The van der Waals surface area contributed by atoms with Gasteiger partial charge in [-0.1, -0.05) is 42.5 Å². The SMILES string of the molecule is NC(=O)c1cccc(Cc2nc3cc(-c4ccccc4)sc3c(=O)[nH]2)c1. The van der Waals surface area contributed by atoms with Crippen LogP contribution in [0.15, 0.2) is 65.5 Å². The van der Waals surface area contributed by atoms with Crippen molar-refractivity contribution in [1.29, 1.82) is 0 Å². The lowest BCUT2D eigenvalue weighted by atomic mass is 10.1. The summed E-state index contributed by atoms with van der Waals surface area (Å²) in [6, 6.07) is 18.9. The Balaban J connectivity index is 1.72. The Hall–Kier alpha value is -3.25. The van der Waals surface area contributed by atoms with E-state index in [1.54, 1.807) is 18.2 Å². The molecule has 0 aliphatic carbocycles. The number of rotatable bonds is 4. The Morgan fingerprint density at radius 3 is 2.65 bits per heavy atom. The number of thiophene rings is 1.